The largest absolute Gasteiger partial charge is 0.484 e. The van der Waals surface area contributed by atoms with Crippen molar-refractivity contribution in [2.24, 2.45) is 5.73 Å². The van der Waals surface area contributed by atoms with Gasteiger partial charge in [0.25, 0.3) is 5.88 Å². The van der Waals surface area contributed by atoms with Crippen molar-refractivity contribution in [2.75, 3.05) is 13.2 Å². The van der Waals surface area contributed by atoms with Crippen LogP contribution < -0.4 is 15.2 Å². The van der Waals surface area contributed by atoms with Crippen molar-refractivity contribution in [2.45, 2.75) is 6.54 Å². The van der Waals surface area contributed by atoms with Crippen molar-refractivity contribution < 1.29 is 9.47 Å². The number of nitrogens with zero attached hydrogens (tertiary/aromatic N) is 1. The van der Waals surface area contributed by atoms with E-state index >= 15 is 0 Å². The highest BCUT2D eigenvalue weighted by atomic mass is 16.6. The van der Waals surface area contributed by atoms with Crippen LogP contribution in [0, 0.1) is 0 Å². The van der Waals surface area contributed by atoms with Crippen LogP contribution in [0.15, 0.2) is 12.1 Å². The molecule has 2 N–H and O–H groups in total. The van der Waals surface area contributed by atoms with Crippen LogP contribution in [-0.4, -0.2) is 18.2 Å². The van der Waals surface area contributed by atoms with Crippen LogP contribution >= 0.6 is 0 Å². The summed E-state index contributed by atoms with van der Waals surface area (Å²) in [6.07, 6.45) is 0. The monoisotopic (exact) mass is 166 g/mol. The molecule has 0 saturated heterocycles. The first-order chi connectivity index (χ1) is 5.90. The maximum atomic E-state index is 5.42. The highest BCUT2D eigenvalue weighted by Gasteiger charge is 2.12. The van der Waals surface area contributed by atoms with E-state index in [2.05, 4.69) is 4.98 Å². The number of ether oxygens (including phenoxy) is 2. The molecule has 0 aromatic carbocycles. The summed E-state index contributed by atoms with van der Waals surface area (Å²) in [4.78, 5) is 4.16. The van der Waals surface area contributed by atoms with Gasteiger partial charge in [0.2, 0.25) is 0 Å². The van der Waals surface area contributed by atoms with E-state index in [4.69, 9.17) is 15.2 Å². The van der Waals surface area contributed by atoms with Gasteiger partial charge in [-0.1, -0.05) is 0 Å². The highest BCUT2D eigenvalue weighted by Crippen LogP contribution is 2.27. The van der Waals surface area contributed by atoms with Crippen LogP contribution in [0.5, 0.6) is 11.6 Å². The molecule has 0 atom stereocenters. The molecule has 4 heteroatoms. The molecule has 2 heterocycles. The van der Waals surface area contributed by atoms with E-state index in [0.29, 0.717) is 31.4 Å². The van der Waals surface area contributed by atoms with E-state index < -0.39 is 0 Å². The summed E-state index contributed by atoms with van der Waals surface area (Å²) in [5.74, 6) is 1.27. The molecule has 0 saturated carbocycles. The van der Waals surface area contributed by atoms with E-state index in [1.807, 2.05) is 12.1 Å². The molecule has 1 aromatic rings. The van der Waals surface area contributed by atoms with Crippen molar-refractivity contribution >= 4 is 0 Å². The lowest BCUT2D eigenvalue weighted by Crippen LogP contribution is -2.17. The zero-order chi connectivity index (χ0) is 8.39. The second-order valence-electron chi connectivity index (χ2n) is 2.51. The van der Waals surface area contributed by atoms with Gasteiger partial charge in [-0.3, -0.25) is 0 Å². The lowest BCUT2D eigenvalue weighted by atomic mass is 10.3. The number of hydrogen-bond donors (Lipinski definition) is 1. The quantitative estimate of drug-likeness (QED) is 0.652. The zero-order valence-corrected chi connectivity index (χ0v) is 6.62. The molecule has 2 rings (SSSR count). The number of aromatic nitrogens is 1. The molecule has 0 bridgehead atoms. The van der Waals surface area contributed by atoms with Gasteiger partial charge in [0, 0.05) is 6.54 Å². The predicted octanol–water partition coefficient (Wildman–Crippen LogP) is 0.311. The van der Waals surface area contributed by atoms with Crippen molar-refractivity contribution in [3.05, 3.63) is 17.8 Å². The van der Waals surface area contributed by atoms with E-state index in [1.165, 1.54) is 0 Å². The number of nitrogens with two attached hydrogens (primary N) is 1. The number of rotatable bonds is 1. The van der Waals surface area contributed by atoms with Gasteiger partial charge in [0.1, 0.15) is 13.2 Å². The van der Waals surface area contributed by atoms with E-state index in [1.54, 1.807) is 0 Å². The van der Waals surface area contributed by atoms with Gasteiger partial charge in [-0.25, -0.2) is 4.98 Å². The van der Waals surface area contributed by atoms with Crippen LogP contribution in [0.3, 0.4) is 0 Å². The van der Waals surface area contributed by atoms with E-state index in [9.17, 15) is 0 Å². The average Bonchev–Trinajstić information content (AvgIpc) is 2.17. The zero-order valence-electron chi connectivity index (χ0n) is 6.62. The standard InChI is InChI=1S/C8H10N2O2/c9-5-6-1-2-7-8(10-6)12-4-3-11-7/h1-2H,3-5,9H2. The fraction of sp³-hybridized carbons (Fsp3) is 0.375. The van der Waals surface area contributed by atoms with E-state index in [0.717, 1.165) is 5.69 Å². The van der Waals surface area contributed by atoms with Gasteiger partial charge in [0.05, 0.1) is 5.69 Å². The molecule has 64 valence electrons. The molecule has 0 unspecified atom stereocenters. The topological polar surface area (TPSA) is 57.4 Å². The summed E-state index contributed by atoms with van der Waals surface area (Å²) in [6.45, 7) is 1.58. The van der Waals surface area contributed by atoms with Gasteiger partial charge in [-0.05, 0) is 12.1 Å². The lowest BCUT2D eigenvalue weighted by molar-refractivity contribution is 0.164. The summed E-state index contributed by atoms with van der Waals surface area (Å²) in [5.41, 5.74) is 6.24. The predicted molar refractivity (Wildman–Crippen MR) is 43.1 cm³/mol. The molecular formula is C8H10N2O2. The molecule has 0 fully saturated rings. The summed E-state index contributed by atoms with van der Waals surface area (Å²) in [7, 11) is 0. The Bertz CT molecular complexity index is 288. The number of hydrogen-bond acceptors (Lipinski definition) is 4. The molecule has 12 heavy (non-hydrogen) atoms. The third kappa shape index (κ3) is 1.21. The van der Waals surface area contributed by atoms with Gasteiger partial charge < -0.3 is 15.2 Å². The van der Waals surface area contributed by atoms with Crippen molar-refractivity contribution in [3.63, 3.8) is 0 Å². The van der Waals surface area contributed by atoms with Crippen molar-refractivity contribution in [1.82, 2.24) is 4.98 Å². The minimum atomic E-state index is 0.427. The Morgan fingerprint density at radius 1 is 1.33 bits per heavy atom. The number of pyridine rings is 1. The molecule has 0 aliphatic carbocycles. The maximum absolute atomic E-state index is 5.42. The average molecular weight is 166 g/mol. The van der Waals surface area contributed by atoms with Crippen LogP contribution in [0.2, 0.25) is 0 Å². The summed E-state index contributed by atoms with van der Waals surface area (Å²) >= 11 is 0. The SMILES string of the molecule is NCc1ccc2c(n1)OCCO2. The minimum absolute atomic E-state index is 0.427. The molecule has 0 radical (unpaired) electrons. The van der Waals surface area contributed by atoms with Gasteiger partial charge in [-0.2, -0.15) is 0 Å². The van der Waals surface area contributed by atoms with Crippen LogP contribution in [0.4, 0.5) is 0 Å². The number of fused-ring (bicyclic) bond motifs is 1. The van der Waals surface area contributed by atoms with Crippen LogP contribution in [0.25, 0.3) is 0 Å². The fourth-order valence-corrected chi connectivity index (χ4v) is 1.08. The normalized spacial score (nSPS) is 14.4. The second-order valence-corrected chi connectivity index (χ2v) is 2.51. The molecule has 4 nitrogen and oxygen atoms in total. The van der Waals surface area contributed by atoms with Crippen LogP contribution in [-0.2, 0) is 6.54 Å². The summed E-state index contributed by atoms with van der Waals surface area (Å²) in [5, 5.41) is 0. The van der Waals surface area contributed by atoms with Crippen molar-refractivity contribution in [1.29, 1.82) is 0 Å². The first-order valence-electron chi connectivity index (χ1n) is 3.86. The Labute approximate surface area is 70.3 Å². The molecule has 1 aliphatic heterocycles. The summed E-state index contributed by atoms with van der Waals surface area (Å²) in [6, 6.07) is 3.68. The van der Waals surface area contributed by atoms with Crippen LogP contribution in [0.1, 0.15) is 5.69 Å². The maximum Gasteiger partial charge on any atom is 0.257 e. The Morgan fingerprint density at radius 3 is 3.00 bits per heavy atom. The molecule has 0 amide bonds. The van der Waals surface area contributed by atoms with E-state index in [-0.39, 0.29) is 0 Å². The van der Waals surface area contributed by atoms with Crippen molar-refractivity contribution in [3.8, 4) is 11.6 Å². The third-order valence-electron chi connectivity index (χ3n) is 1.67. The highest BCUT2D eigenvalue weighted by molar-refractivity contribution is 5.35. The Morgan fingerprint density at radius 2 is 2.17 bits per heavy atom. The third-order valence-corrected chi connectivity index (χ3v) is 1.67. The molecular weight excluding hydrogens is 156 g/mol. The molecule has 0 spiro atoms. The minimum Gasteiger partial charge on any atom is -0.484 e. The Kier molecular flexibility index (Phi) is 1.83. The Balaban J connectivity index is 2.36. The first kappa shape index (κ1) is 7.36. The van der Waals surface area contributed by atoms with Gasteiger partial charge in [-0.15, -0.1) is 0 Å². The molecule has 1 aromatic heterocycles. The lowest BCUT2D eigenvalue weighted by Gasteiger charge is -2.17. The summed E-state index contributed by atoms with van der Waals surface area (Å²) < 4.78 is 10.6. The second kappa shape index (κ2) is 2.98. The molecule has 1 aliphatic rings. The smallest absolute Gasteiger partial charge is 0.257 e. The Hall–Kier alpha value is -1.29. The van der Waals surface area contributed by atoms with Gasteiger partial charge >= 0.3 is 0 Å². The fourth-order valence-electron chi connectivity index (χ4n) is 1.08. The van der Waals surface area contributed by atoms with Gasteiger partial charge in [0.15, 0.2) is 5.75 Å². The first-order valence-corrected chi connectivity index (χ1v) is 3.86.